The fourth-order valence-corrected chi connectivity index (χ4v) is 1.83. The number of rotatable bonds is 1. The smallest absolute Gasteiger partial charge is 0.101 e. The Balaban J connectivity index is 2.19. The van der Waals surface area contributed by atoms with Gasteiger partial charge in [-0.3, -0.25) is 0 Å². The van der Waals surface area contributed by atoms with E-state index in [9.17, 15) is 0 Å². The van der Waals surface area contributed by atoms with Crippen LogP contribution in [0.15, 0.2) is 18.2 Å². The number of hydrogen-bond acceptors (Lipinski definition) is 3. The molecule has 2 rings (SSSR count). The van der Waals surface area contributed by atoms with Gasteiger partial charge in [0.15, 0.2) is 0 Å². The third-order valence-corrected chi connectivity index (χ3v) is 2.81. The van der Waals surface area contributed by atoms with E-state index < -0.39 is 0 Å². The Kier molecular flexibility index (Phi) is 2.89. The Bertz CT molecular complexity index is 373. The number of nitrogens with zero attached hydrogens (tertiary/aromatic N) is 3. The van der Waals surface area contributed by atoms with Gasteiger partial charge < -0.3 is 9.80 Å². The molecule has 15 heavy (non-hydrogen) atoms. The van der Waals surface area contributed by atoms with Gasteiger partial charge in [0.05, 0.1) is 11.3 Å². The van der Waals surface area contributed by atoms with E-state index in [1.807, 2.05) is 12.1 Å². The fraction of sp³-hybridized carbons (Fsp3) is 0.417. The maximum absolute atomic E-state index is 8.99. The van der Waals surface area contributed by atoms with Crippen molar-refractivity contribution in [3.05, 3.63) is 29.8 Å². The summed E-state index contributed by atoms with van der Waals surface area (Å²) in [4.78, 5) is 4.57. The van der Waals surface area contributed by atoms with Crippen molar-refractivity contribution in [1.29, 1.82) is 5.26 Å². The first kappa shape index (κ1) is 10.0. The predicted octanol–water partition coefficient (Wildman–Crippen LogP) is 1.11. The molecule has 0 unspecified atom stereocenters. The summed E-state index contributed by atoms with van der Waals surface area (Å²) < 4.78 is 0. The lowest BCUT2D eigenvalue weighted by Crippen LogP contribution is -2.44. The molecule has 0 atom stereocenters. The standard InChI is InChI=1S/C12H14N3/c1-14-6-8-15(9-7-14)12-5-3-2-4-11(12)10-13/h3-5H,6-9H2,1H3. The van der Waals surface area contributed by atoms with E-state index in [1.165, 1.54) is 0 Å². The van der Waals surface area contributed by atoms with E-state index >= 15 is 0 Å². The van der Waals surface area contributed by atoms with E-state index in [0.717, 1.165) is 37.4 Å². The van der Waals surface area contributed by atoms with Gasteiger partial charge in [0.2, 0.25) is 0 Å². The molecule has 0 spiro atoms. The molecule has 3 nitrogen and oxygen atoms in total. The lowest BCUT2D eigenvalue weighted by atomic mass is 10.1. The summed E-state index contributed by atoms with van der Waals surface area (Å²) in [6.45, 7) is 4.11. The molecule has 0 amide bonds. The van der Waals surface area contributed by atoms with Gasteiger partial charge in [0, 0.05) is 26.2 Å². The summed E-state index contributed by atoms with van der Waals surface area (Å²) in [6.07, 6.45) is 0. The molecule has 1 heterocycles. The normalized spacial score (nSPS) is 17.5. The highest BCUT2D eigenvalue weighted by Gasteiger charge is 2.16. The molecule has 1 aromatic carbocycles. The molecule has 1 saturated heterocycles. The summed E-state index contributed by atoms with van der Waals surface area (Å²) >= 11 is 0. The Morgan fingerprint density at radius 1 is 1.33 bits per heavy atom. The van der Waals surface area contributed by atoms with Gasteiger partial charge in [-0.15, -0.1) is 0 Å². The van der Waals surface area contributed by atoms with E-state index in [-0.39, 0.29) is 0 Å². The largest absolute Gasteiger partial charge is 0.368 e. The topological polar surface area (TPSA) is 30.3 Å². The third-order valence-electron chi connectivity index (χ3n) is 2.81. The van der Waals surface area contributed by atoms with Gasteiger partial charge in [0.25, 0.3) is 0 Å². The number of hydrogen-bond donors (Lipinski definition) is 0. The third kappa shape index (κ3) is 2.11. The minimum absolute atomic E-state index is 0.724. The molecular formula is C12H14N3. The molecule has 1 radical (unpaired) electrons. The van der Waals surface area contributed by atoms with Gasteiger partial charge in [-0.25, -0.2) is 0 Å². The van der Waals surface area contributed by atoms with Gasteiger partial charge in [-0.2, -0.15) is 5.26 Å². The van der Waals surface area contributed by atoms with Crippen LogP contribution >= 0.6 is 0 Å². The first-order chi connectivity index (χ1) is 7.31. The van der Waals surface area contributed by atoms with Crippen LogP contribution in [0.2, 0.25) is 0 Å². The van der Waals surface area contributed by atoms with Gasteiger partial charge in [0.1, 0.15) is 6.07 Å². The summed E-state index contributed by atoms with van der Waals surface area (Å²) in [5.41, 5.74) is 1.77. The first-order valence-electron chi connectivity index (χ1n) is 5.15. The zero-order valence-corrected chi connectivity index (χ0v) is 8.90. The number of piperazine rings is 1. The number of anilines is 1. The van der Waals surface area contributed by atoms with Crippen LogP contribution in [0, 0.1) is 17.4 Å². The van der Waals surface area contributed by atoms with Crippen LogP contribution in [0.5, 0.6) is 0 Å². The first-order valence-corrected chi connectivity index (χ1v) is 5.15. The second-order valence-electron chi connectivity index (χ2n) is 3.85. The monoisotopic (exact) mass is 200 g/mol. The van der Waals surface area contributed by atoms with Crippen molar-refractivity contribution in [1.82, 2.24) is 4.90 Å². The van der Waals surface area contributed by atoms with Crippen molar-refractivity contribution < 1.29 is 0 Å². The summed E-state index contributed by atoms with van der Waals surface area (Å²) in [5.74, 6) is 0. The average Bonchev–Trinajstić information content (AvgIpc) is 2.30. The highest BCUT2D eigenvalue weighted by atomic mass is 15.2. The number of nitriles is 1. The van der Waals surface area contributed by atoms with Crippen LogP contribution in [-0.2, 0) is 0 Å². The minimum atomic E-state index is 0.724. The quantitative estimate of drug-likeness (QED) is 0.680. The average molecular weight is 200 g/mol. The second kappa shape index (κ2) is 4.33. The maximum atomic E-state index is 8.99. The molecule has 0 aromatic heterocycles. The Morgan fingerprint density at radius 2 is 2.07 bits per heavy atom. The molecule has 77 valence electrons. The van der Waals surface area contributed by atoms with Crippen LogP contribution in [0.1, 0.15) is 5.56 Å². The van der Waals surface area contributed by atoms with Crippen molar-refractivity contribution in [3.63, 3.8) is 0 Å². The molecule has 1 aromatic rings. The zero-order chi connectivity index (χ0) is 10.7. The molecule has 1 aliphatic heterocycles. The van der Waals surface area contributed by atoms with Crippen molar-refractivity contribution in [3.8, 4) is 6.07 Å². The lowest BCUT2D eigenvalue weighted by molar-refractivity contribution is 0.313. The highest BCUT2D eigenvalue weighted by Crippen LogP contribution is 2.20. The van der Waals surface area contributed by atoms with E-state index in [0.29, 0.717) is 0 Å². The Morgan fingerprint density at radius 3 is 2.73 bits per heavy atom. The Labute approximate surface area is 90.5 Å². The predicted molar refractivity (Wildman–Crippen MR) is 59.7 cm³/mol. The summed E-state index contributed by atoms with van der Waals surface area (Å²) in [5, 5.41) is 8.99. The molecule has 0 aliphatic carbocycles. The second-order valence-corrected chi connectivity index (χ2v) is 3.85. The molecule has 0 N–H and O–H groups in total. The van der Waals surface area contributed by atoms with Crippen LogP contribution in [0.3, 0.4) is 0 Å². The number of likely N-dealkylation sites (N-methyl/N-ethyl adjacent to an activating group) is 1. The molecule has 1 fully saturated rings. The molecule has 3 heteroatoms. The van der Waals surface area contributed by atoms with Crippen LogP contribution in [0.25, 0.3) is 0 Å². The highest BCUT2D eigenvalue weighted by molar-refractivity contribution is 5.59. The Hall–Kier alpha value is -1.53. The van der Waals surface area contributed by atoms with Gasteiger partial charge >= 0.3 is 0 Å². The SMILES string of the molecule is CN1CCN(c2cc[c]cc2C#N)CC1. The van der Waals surface area contributed by atoms with E-state index in [4.69, 9.17) is 5.26 Å². The summed E-state index contributed by atoms with van der Waals surface area (Å²) in [7, 11) is 2.13. The van der Waals surface area contributed by atoms with Crippen LogP contribution < -0.4 is 4.90 Å². The molecule has 0 saturated carbocycles. The van der Waals surface area contributed by atoms with E-state index in [1.54, 1.807) is 6.07 Å². The van der Waals surface area contributed by atoms with Crippen molar-refractivity contribution in [2.45, 2.75) is 0 Å². The summed E-state index contributed by atoms with van der Waals surface area (Å²) in [6, 6.07) is 10.8. The van der Waals surface area contributed by atoms with Gasteiger partial charge in [-0.05, 0) is 25.2 Å². The van der Waals surface area contributed by atoms with Crippen molar-refractivity contribution >= 4 is 5.69 Å². The lowest BCUT2D eigenvalue weighted by Gasteiger charge is -2.34. The van der Waals surface area contributed by atoms with Crippen molar-refractivity contribution in [2.24, 2.45) is 0 Å². The van der Waals surface area contributed by atoms with Crippen molar-refractivity contribution in [2.75, 3.05) is 38.1 Å². The molecule has 0 bridgehead atoms. The maximum Gasteiger partial charge on any atom is 0.101 e. The fourth-order valence-electron chi connectivity index (χ4n) is 1.83. The molecule has 1 aliphatic rings. The van der Waals surface area contributed by atoms with Gasteiger partial charge in [-0.1, -0.05) is 6.07 Å². The molecular weight excluding hydrogens is 186 g/mol. The number of benzene rings is 1. The van der Waals surface area contributed by atoms with Crippen LogP contribution in [-0.4, -0.2) is 38.1 Å². The minimum Gasteiger partial charge on any atom is -0.368 e. The van der Waals surface area contributed by atoms with E-state index in [2.05, 4.69) is 29.0 Å². The van der Waals surface area contributed by atoms with Crippen LogP contribution in [0.4, 0.5) is 5.69 Å². The zero-order valence-electron chi connectivity index (χ0n) is 8.90.